The Morgan fingerprint density at radius 2 is 1.78 bits per heavy atom. The van der Waals surface area contributed by atoms with Crippen molar-refractivity contribution in [2.24, 2.45) is 0 Å². The molecule has 0 aliphatic heterocycles. The molecule has 1 aromatic rings. The highest BCUT2D eigenvalue weighted by Gasteiger charge is 2.27. The number of rotatable bonds is 5. The van der Waals surface area contributed by atoms with Crippen LogP contribution in [0.5, 0.6) is 0 Å². The van der Waals surface area contributed by atoms with Crippen molar-refractivity contribution < 1.29 is 22.9 Å². The second-order valence-corrected chi connectivity index (χ2v) is 3.75. The monoisotopic (exact) mass is 261 g/mol. The first kappa shape index (κ1) is 14.1. The molecule has 0 heterocycles. The lowest BCUT2D eigenvalue weighted by Crippen LogP contribution is -2.12. The van der Waals surface area contributed by atoms with Gasteiger partial charge in [-0.3, -0.25) is 14.9 Å². The molecule has 0 atom stereocenters. The number of nitro benzene ring substituents is 1. The number of ketones is 1. The van der Waals surface area contributed by atoms with Gasteiger partial charge in [-0.05, 0) is 5.56 Å². The van der Waals surface area contributed by atoms with Gasteiger partial charge in [-0.1, -0.05) is 12.1 Å². The first-order valence-electron chi connectivity index (χ1n) is 5.10. The molecule has 1 rings (SSSR count). The number of halogens is 3. The van der Waals surface area contributed by atoms with E-state index in [0.717, 1.165) is 0 Å². The Morgan fingerprint density at radius 1 is 1.22 bits per heavy atom. The zero-order valence-electron chi connectivity index (χ0n) is 9.24. The number of benzene rings is 1. The van der Waals surface area contributed by atoms with Crippen LogP contribution in [0.4, 0.5) is 18.9 Å². The topological polar surface area (TPSA) is 60.2 Å². The van der Waals surface area contributed by atoms with E-state index >= 15 is 0 Å². The maximum atomic E-state index is 11.9. The van der Waals surface area contributed by atoms with Gasteiger partial charge in [-0.15, -0.1) is 0 Å². The molecule has 0 radical (unpaired) electrons. The van der Waals surface area contributed by atoms with Crippen molar-refractivity contribution in [1.29, 1.82) is 0 Å². The summed E-state index contributed by atoms with van der Waals surface area (Å²) in [7, 11) is 0. The largest absolute Gasteiger partial charge is 0.389 e. The van der Waals surface area contributed by atoms with Gasteiger partial charge in [0.15, 0.2) is 0 Å². The summed E-state index contributed by atoms with van der Waals surface area (Å²) >= 11 is 0. The SMILES string of the molecule is O=C(CCC(F)(F)F)Cc1ccc([N+](=O)[O-])cc1. The van der Waals surface area contributed by atoms with Gasteiger partial charge in [-0.25, -0.2) is 0 Å². The van der Waals surface area contributed by atoms with E-state index < -0.39 is 29.7 Å². The molecule has 18 heavy (non-hydrogen) atoms. The van der Waals surface area contributed by atoms with Crippen LogP contribution < -0.4 is 0 Å². The smallest absolute Gasteiger partial charge is 0.299 e. The summed E-state index contributed by atoms with van der Waals surface area (Å²) in [6, 6.07) is 5.16. The molecule has 0 spiro atoms. The highest BCUT2D eigenvalue weighted by molar-refractivity contribution is 5.80. The van der Waals surface area contributed by atoms with E-state index in [-0.39, 0.29) is 12.1 Å². The van der Waals surface area contributed by atoms with E-state index in [0.29, 0.717) is 5.56 Å². The zero-order chi connectivity index (χ0) is 13.8. The maximum Gasteiger partial charge on any atom is 0.389 e. The van der Waals surface area contributed by atoms with E-state index in [1.165, 1.54) is 24.3 Å². The van der Waals surface area contributed by atoms with Crippen LogP contribution in [0.25, 0.3) is 0 Å². The fourth-order valence-electron chi connectivity index (χ4n) is 1.33. The number of Topliss-reactive ketones (excluding diaryl/α,β-unsaturated/α-hetero) is 1. The minimum Gasteiger partial charge on any atom is -0.299 e. The van der Waals surface area contributed by atoms with Gasteiger partial charge >= 0.3 is 6.18 Å². The Hall–Kier alpha value is -1.92. The standard InChI is InChI=1S/C11H10F3NO3/c12-11(13,14)6-5-10(16)7-8-1-3-9(4-2-8)15(17)18/h1-4H,5-7H2. The van der Waals surface area contributed by atoms with Crippen LogP contribution >= 0.6 is 0 Å². The number of hydrogen-bond donors (Lipinski definition) is 0. The predicted octanol–water partition coefficient (Wildman–Crippen LogP) is 3.05. The predicted molar refractivity (Wildman–Crippen MR) is 57.1 cm³/mol. The van der Waals surface area contributed by atoms with E-state index in [4.69, 9.17) is 0 Å². The van der Waals surface area contributed by atoms with Crippen LogP contribution in [-0.2, 0) is 11.2 Å². The first-order valence-corrected chi connectivity index (χ1v) is 5.10. The molecule has 0 amide bonds. The molecule has 0 N–H and O–H groups in total. The number of nitrogens with zero attached hydrogens (tertiary/aromatic N) is 1. The van der Waals surface area contributed by atoms with Crippen LogP contribution in [0.15, 0.2) is 24.3 Å². The number of hydrogen-bond acceptors (Lipinski definition) is 3. The Kier molecular flexibility index (Phi) is 4.41. The molecule has 0 aromatic heterocycles. The van der Waals surface area contributed by atoms with Gasteiger partial charge in [0.1, 0.15) is 5.78 Å². The molecule has 7 heteroatoms. The minimum atomic E-state index is -4.34. The van der Waals surface area contributed by atoms with Crippen LogP contribution in [0.3, 0.4) is 0 Å². The van der Waals surface area contributed by atoms with Crippen molar-refractivity contribution in [2.45, 2.75) is 25.4 Å². The summed E-state index contributed by atoms with van der Waals surface area (Å²) in [5, 5.41) is 10.4. The van der Waals surface area contributed by atoms with E-state index in [1.807, 2.05) is 0 Å². The van der Waals surface area contributed by atoms with Crippen molar-refractivity contribution in [2.75, 3.05) is 0 Å². The van der Waals surface area contributed by atoms with Crippen LogP contribution in [0.1, 0.15) is 18.4 Å². The highest BCUT2D eigenvalue weighted by atomic mass is 19.4. The number of nitro groups is 1. The van der Waals surface area contributed by atoms with Gasteiger partial charge in [0.25, 0.3) is 5.69 Å². The molecule has 0 aliphatic carbocycles. The molecule has 0 saturated heterocycles. The summed E-state index contributed by atoms with van der Waals surface area (Å²) < 4.78 is 35.6. The van der Waals surface area contributed by atoms with Crippen molar-refractivity contribution in [3.63, 3.8) is 0 Å². The van der Waals surface area contributed by atoms with E-state index in [9.17, 15) is 28.1 Å². The molecule has 0 aliphatic rings. The van der Waals surface area contributed by atoms with Gasteiger partial charge in [-0.2, -0.15) is 13.2 Å². The third-order valence-corrected chi connectivity index (χ3v) is 2.24. The Morgan fingerprint density at radius 3 is 2.22 bits per heavy atom. The maximum absolute atomic E-state index is 11.9. The number of alkyl halides is 3. The van der Waals surface area contributed by atoms with Gasteiger partial charge in [0.05, 0.1) is 11.3 Å². The fraction of sp³-hybridized carbons (Fsp3) is 0.364. The van der Waals surface area contributed by atoms with Crippen LogP contribution in [0.2, 0.25) is 0 Å². The number of non-ortho nitro benzene ring substituents is 1. The highest BCUT2D eigenvalue weighted by Crippen LogP contribution is 2.22. The second kappa shape index (κ2) is 5.61. The molecule has 4 nitrogen and oxygen atoms in total. The van der Waals surface area contributed by atoms with Crippen molar-refractivity contribution >= 4 is 11.5 Å². The number of carbonyl (C=O) groups excluding carboxylic acids is 1. The van der Waals surface area contributed by atoms with E-state index in [1.54, 1.807) is 0 Å². The first-order chi connectivity index (χ1) is 8.28. The minimum absolute atomic E-state index is 0.124. The number of carbonyl (C=O) groups is 1. The molecule has 0 saturated carbocycles. The fourth-order valence-corrected chi connectivity index (χ4v) is 1.33. The zero-order valence-corrected chi connectivity index (χ0v) is 9.24. The molecule has 98 valence electrons. The lowest BCUT2D eigenvalue weighted by atomic mass is 10.1. The quantitative estimate of drug-likeness (QED) is 0.604. The molecule has 1 aromatic carbocycles. The average Bonchev–Trinajstić information content (AvgIpc) is 2.26. The summed E-state index contributed by atoms with van der Waals surface area (Å²) in [5.74, 6) is -0.541. The van der Waals surface area contributed by atoms with E-state index in [2.05, 4.69) is 0 Å². The van der Waals surface area contributed by atoms with Crippen molar-refractivity contribution in [3.8, 4) is 0 Å². The third-order valence-electron chi connectivity index (χ3n) is 2.24. The van der Waals surface area contributed by atoms with Gasteiger partial charge in [0, 0.05) is 25.0 Å². The summed E-state index contributed by atoms with van der Waals surface area (Å²) in [4.78, 5) is 21.0. The second-order valence-electron chi connectivity index (χ2n) is 3.75. The molecular formula is C11H10F3NO3. The molecular weight excluding hydrogens is 251 g/mol. The van der Waals surface area contributed by atoms with Gasteiger partial charge < -0.3 is 0 Å². The van der Waals surface area contributed by atoms with Crippen LogP contribution in [-0.4, -0.2) is 16.9 Å². The lowest BCUT2D eigenvalue weighted by molar-refractivity contribution is -0.384. The lowest BCUT2D eigenvalue weighted by Gasteiger charge is -2.05. The van der Waals surface area contributed by atoms with Crippen molar-refractivity contribution in [1.82, 2.24) is 0 Å². The van der Waals surface area contributed by atoms with Crippen molar-refractivity contribution in [3.05, 3.63) is 39.9 Å². The molecule has 0 bridgehead atoms. The molecule has 0 fully saturated rings. The summed E-state index contributed by atoms with van der Waals surface area (Å²) in [6.07, 6.45) is -6.20. The van der Waals surface area contributed by atoms with Gasteiger partial charge in [0.2, 0.25) is 0 Å². The average molecular weight is 261 g/mol. The Labute approximate surface area is 101 Å². The Balaban J connectivity index is 2.52. The Bertz CT molecular complexity index is 440. The third kappa shape index (κ3) is 4.94. The summed E-state index contributed by atoms with van der Waals surface area (Å²) in [5.41, 5.74) is 0.342. The van der Waals surface area contributed by atoms with Crippen LogP contribution in [0, 0.1) is 10.1 Å². The normalized spacial score (nSPS) is 11.3. The molecule has 0 unspecified atom stereocenters. The summed E-state index contributed by atoms with van der Waals surface area (Å²) in [6.45, 7) is 0.